The summed E-state index contributed by atoms with van der Waals surface area (Å²) in [5.74, 6) is 1.81. The van der Waals surface area contributed by atoms with Crippen molar-refractivity contribution in [3.8, 4) is 5.75 Å². The third kappa shape index (κ3) is 3.98. The fourth-order valence-electron chi connectivity index (χ4n) is 1.95. The first-order chi connectivity index (χ1) is 9.31. The van der Waals surface area contributed by atoms with Gasteiger partial charge in [-0.3, -0.25) is 0 Å². The van der Waals surface area contributed by atoms with Crippen molar-refractivity contribution in [2.45, 2.75) is 26.3 Å². The largest absolute Gasteiger partial charge is 0.497 e. The average molecular weight is 256 g/mol. The molecule has 0 amide bonds. The minimum Gasteiger partial charge on any atom is -0.497 e. The summed E-state index contributed by atoms with van der Waals surface area (Å²) in [5, 5.41) is 3.35. The predicted molar refractivity (Wildman–Crippen MR) is 78.6 cm³/mol. The number of aryl methyl sites for hydroxylation is 1. The van der Waals surface area contributed by atoms with E-state index < -0.39 is 0 Å². The van der Waals surface area contributed by atoms with E-state index in [1.165, 1.54) is 11.1 Å². The number of nitrogens with one attached hydrogen (secondary N) is 1. The molecule has 0 radical (unpaired) electrons. The second kappa shape index (κ2) is 6.78. The van der Waals surface area contributed by atoms with E-state index >= 15 is 0 Å². The highest BCUT2D eigenvalue weighted by molar-refractivity contribution is 5.39. The van der Waals surface area contributed by atoms with Crippen LogP contribution >= 0.6 is 0 Å². The predicted octanol–water partition coefficient (Wildman–Crippen LogP) is 3.65. The Balaban J connectivity index is 1.95. The second-order valence-electron chi connectivity index (χ2n) is 4.50. The molecule has 0 unspecified atom stereocenters. The van der Waals surface area contributed by atoms with E-state index in [0.717, 1.165) is 31.0 Å². The Morgan fingerprint density at radius 1 is 1.11 bits per heavy atom. The van der Waals surface area contributed by atoms with Crippen molar-refractivity contribution in [2.24, 2.45) is 0 Å². The first-order valence-corrected chi connectivity index (χ1v) is 6.63. The molecule has 2 aromatic rings. The number of methoxy groups -OCH3 is 1. The van der Waals surface area contributed by atoms with Gasteiger partial charge in [-0.1, -0.05) is 25.5 Å². The van der Waals surface area contributed by atoms with Crippen LogP contribution < -0.4 is 10.1 Å². The molecule has 100 valence electrons. The first-order valence-electron chi connectivity index (χ1n) is 6.63. The fourth-order valence-corrected chi connectivity index (χ4v) is 1.95. The standard InChI is InChI=1S/C16H20N2O/c1-3-4-13-9-10-17-16(11-13)18-12-14-5-7-15(19-2)8-6-14/h5-11H,3-4,12H2,1-2H3,(H,17,18). The van der Waals surface area contributed by atoms with Crippen molar-refractivity contribution >= 4 is 5.82 Å². The first kappa shape index (κ1) is 13.4. The fraction of sp³-hybridized carbons (Fsp3) is 0.312. The van der Waals surface area contributed by atoms with Crippen LogP contribution in [0, 0.1) is 0 Å². The van der Waals surface area contributed by atoms with Crippen LogP contribution in [0.25, 0.3) is 0 Å². The van der Waals surface area contributed by atoms with E-state index in [1.807, 2.05) is 18.3 Å². The van der Waals surface area contributed by atoms with Crippen molar-refractivity contribution < 1.29 is 4.74 Å². The average Bonchev–Trinajstić information content (AvgIpc) is 2.46. The summed E-state index contributed by atoms with van der Waals surface area (Å²) in [7, 11) is 1.68. The van der Waals surface area contributed by atoms with Crippen LogP contribution in [0.5, 0.6) is 5.75 Å². The number of benzene rings is 1. The molecule has 0 fully saturated rings. The van der Waals surface area contributed by atoms with Gasteiger partial charge in [0.05, 0.1) is 7.11 Å². The van der Waals surface area contributed by atoms with Gasteiger partial charge in [-0.05, 0) is 41.8 Å². The van der Waals surface area contributed by atoms with Gasteiger partial charge in [0.15, 0.2) is 0 Å². The SMILES string of the molecule is CCCc1ccnc(NCc2ccc(OC)cc2)c1. The van der Waals surface area contributed by atoms with Gasteiger partial charge >= 0.3 is 0 Å². The van der Waals surface area contributed by atoms with Crippen LogP contribution in [0.4, 0.5) is 5.82 Å². The van der Waals surface area contributed by atoms with E-state index in [1.54, 1.807) is 7.11 Å². The lowest BCUT2D eigenvalue weighted by Crippen LogP contribution is -2.01. The minimum atomic E-state index is 0.770. The number of nitrogens with zero attached hydrogens (tertiary/aromatic N) is 1. The third-order valence-corrected chi connectivity index (χ3v) is 3.00. The zero-order chi connectivity index (χ0) is 13.5. The van der Waals surface area contributed by atoms with Crippen LogP contribution in [0.3, 0.4) is 0 Å². The monoisotopic (exact) mass is 256 g/mol. The summed E-state index contributed by atoms with van der Waals surface area (Å²) < 4.78 is 5.14. The molecule has 1 aromatic heterocycles. The van der Waals surface area contributed by atoms with Gasteiger partial charge in [0, 0.05) is 12.7 Å². The summed E-state index contributed by atoms with van der Waals surface area (Å²) in [6.07, 6.45) is 4.11. The molecule has 1 heterocycles. The highest BCUT2D eigenvalue weighted by Gasteiger charge is 1.98. The van der Waals surface area contributed by atoms with Gasteiger partial charge in [-0.2, -0.15) is 0 Å². The van der Waals surface area contributed by atoms with Gasteiger partial charge in [0.25, 0.3) is 0 Å². The molecule has 0 atom stereocenters. The maximum absolute atomic E-state index is 5.14. The van der Waals surface area contributed by atoms with Crippen LogP contribution in [0.2, 0.25) is 0 Å². The van der Waals surface area contributed by atoms with Crippen molar-refractivity contribution in [1.29, 1.82) is 0 Å². The quantitative estimate of drug-likeness (QED) is 0.856. The van der Waals surface area contributed by atoms with Gasteiger partial charge in [0.1, 0.15) is 11.6 Å². The molecule has 0 spiro atoms. The number of anilines is 1. The number of pyridine rings is 1. The molecule has 3 nitrogen and oxygen atoms in total. The topological polar surface area (TPSA) is 34.2 Å². The minimum absolute atomic E-state index is 0.770. The zero-order valence-corrected chi connectivity index (χ0v) is 11.5. The highest BCUT2D eigenvalue weighted by atomic mass is 16.5. The third-order valence-electron chi connectivity index (χ3n) is 3.00. The molecule has 0 bridgehead atoms. The number of hydrogen-bond acceptors (Lipinski definition) is 3. The maximum Gasteiger partial charge on any atom is 0.126 e. The Hall–Kier alpha value is -2.03. The lowest BCUT2D eigenvalue weighted by molar-refractivity contribution is 0.414. The zero-order valence-electron chi connectivity index (χ0n) is 11.5. The number of hydrogen-bond donors (Lipinski definition) is 1. The summed E-state index contributed by atoms with van der Waals surface area (Å²) in [5.41, 5.74) is 2.54. The van der Waals surface area contributed by atoms with Crippen molar-refractivity contribution in [2.75, 3.05) is 12.4 Å². The Labute approximate surface area is 114 Å². The molecular weight excluding hydrogens is 236 g/mol. The summed E-state index contributed by atoms with van der Waals surface area (Å²) in [6.45, 7) is 2.96. The lowest BCUT2D eigenvalue weighted by atomic mass is 10.1. The number of aromatic nitrogens is 1. The van der Waals surface area contributed by atoms with E-state index in [4.69, 9.17) is 4.74 Å². The van der Waals surface area contributed by atoms with Gasteiger partial charge < -0.3 is 10.1 Å². The summed E-state index contributed by atoms with van der Waals surface area (Å²) in [4.78, 5) is 4.33. The summed E-state index contributed by atoms with van der Waals surface area (Å²) >= 11 is 0. The van der Waals surface area contributed by atoms with Crippen molar-refractivity contribution in [3.05, 3.63) is 53.7 Å². The molecule has 1 N–H and O–H groups in total. The highest BCUT2D eigenvalue weighted by Crippen LogP contribution is 2.13. The normalized spacial score (nSPS) is 10.2. The Morgan fingerprint density at radius 3 is 2.58 bits per heavy atom. The Kier molecular flexibility index (Phi) is 4.78. The van der Waals surface area contributed by atoms with Crippen LogP contribution in [0.15, 0.2) is 42.6 Å². The second-order valence-corrected chi connectivity index (χ2v) is 4.50. The summed E-state index contributed by atoms with van der Waals surface area (Å²) in [6, 6.07) is 12.2. The van der Waals surface area contributed by atoms with E-state index in [9.17, 15) is 0 Å². The molecule has 1 aromatic carbocycles. The van der Waals surface area contributed by atoms with Crippen LogP contribution in [0.1, 0.15) is 24.5 Å². The Bertz CT molecular complexity index is 508. The van der Waals surface area contributed by atoms with Gasteiger partial charge in [-0.15, -0.1) is 0 Å². The lowest BCUT2D eigenvalue weighted by Gasteiger charge is -2.08. The molecule has 0 aliphatic heterocycles. The maximum atomic E-state index is 5.14. The molecule has 19 heavy (non-hydrogen) atoms. The number of ether oxygens (including phenoxy) is 1. The van der Waals surface area contributed by atoms with Gasteiger partial charge in [0.2, 0.25) is 0 Å². The van der Waals surface area contributed by atoms with E-state index in [2.05, 4.69) is 41.5 Å². The van der Waals surface area contributed by atoms with Crippen molar-refractivity contribution in [3.63, 3.8) is 0 Å². The van der Waals surface area contributed by atoms with Gasteiger partial charge in [-0.25, -0.2) is 4.98 Å². The van der Waals surface area contributed by atoms with Crippen LogP contribution in [-0.2, 0) is 13.0 Å². The number of rotatable bonds is 6. The molecular formula is C16H20N2O. The van der Waals surface area contributed by atoms with E-state index in [-0.39, 0.29) is 0 Å². The molecule has 2 rings (SSSR count). The molecule has 0 saturated carbocycles. The molecule has 0 saturated heterocycles. The van der Waals surface area contributed by atoms with Crippen molar-refractivity contribution in [1.82, 2.24) is 4.98 Å². The molecule has 0 aliphatic rings. The van der Waals surface area contributed by atoms with E-state index in [0.29, 0.717) is 0 Å². The smallest absolute Gasteiger partial charge is 0.126 e. The molecule has 0 aliphatic carbocycles. The molecule has 3 heteroatoms. The van der Waals surface area contributed by atoms with Crippen LogP contribution in [-0.4, -0.2) is 12.1 Å². The Morgan fingerprint density at radius 2 is 1.89 bits per heavy atom.